The van der Waals surface area contributed by atoms with Gasteiger partial charge in [0.05, 0.1) is 17.8 Å². The van der Waals surface area contributed by atoms with E-state index in [4.69, 9.17) is 17.0 Å². The Morgan fingerprint density at radius 2 is 2.04 bits per heavy atom. The van der Waals surface area contributed by atoms with Crippen LogP contribution >= 0.6 is 22.9 Å². The fourth-order valence-corrected chi connectivity index (χ4v) is 4.28. The maximum absolute atomic E-state index is 10.5. The van der Waals surface area contributed by atoms with Crippen molar-refractivity contribution in [1.82, 2.24) is 9.88 Å². The highest BCUT2D eigenvalue weighted by atomic mass is 35.5. The van der Waals surface area contributed by atoms with E-state index in [0.717, 1.165) is 16.8 Å². The number of hydrogen-bond acceptors (Lipinski definition) is 4. The fraction of sp³-hybridized carbons (Fsp3) is 0.143. The average Bonchev–Trinajstić information content (AvgIpc) is 3.20. The monoisotopic (exact) mass is 395 g/mol. The molecule has 27 heavy (non-hydrogen) atoms. The molecule has 6 heteroatoms. The zero-order valence-corrected chi connectivity index (χ0v) is 16.3. The number of halogens is 1. The van der Waals surface area contributed by atoms with Crippen molar-refractivity contribution in [1.29, 1.82) is 5.41 Å². The minimum Gasteiger partial charge on any atom is -0.510 e. The Bertz CT molecular complexity index is 1060. The highest BCUT2D eigenvalue weighted by Crippen LogP contribution is 2.33. The van der Waals surface area contributed by atoms with Gasteiger partial charge in [-0.05, 0) is 24.6 Å². The maximum atomic E-state index is 10.5. The lowest BCUT2D eigenvalue weighted by atomic mass is 10.1. The summed E-state index contributed by atoms with van der Waals surface area (Å²) in [7, 11) is 0. The summed E-state index contributed by atoms with van der Waals surface area (Å²) in [5.41, 5.74) is 4.53. The second-order valence-corrected chi connectivity index (χ2v) is 7.86. The van der Waals surface area contributed by atoms with E-state index < -0.39 is 0 Å². The van der Waals surface area contributed by atoms with E-state index in [2.05, 4.69) is 11.1 Å². The minimum atomic E-state index is 0.194. The molecule has 2 aromatic carbocycles. The summed E-state index contributed by atoms with van der Waals surface area (Å²) in [4.78, 5) is 6.50. The van der Waals surface area contributed by atoms with Crippen LogP contribution in [0.1, 0.15) is 16.1 Å². The van der Waals surface area contributed by atoms with Crippen molar-refractivity contribution < 1.29 is 5.11 Å². The molecule has 1 aromatic heterocycles. The normalized spacial score (nSPS) is 14.3. The lowest BCUT2D eigenvalue weighted by molar-refractivity contribution is 0.347. The van der Waals surface area contributed by atoms with Gasteiger partial charge in [-0.15, -0.1) is 11.3 Å². The topological polar surface area (TPSA) is 60.2 Å². The molecule has 0 bridgehead atoms. The van der Waals surface area contributed by atoms with Crippen LogP contribution in [0.5, 0.6) is 0 Å². The van der Waals surface area contributed by atoms with Crippen LogP contribution in [0.3, 0.4) is 0 Å². The van der Waals surface area contributed by atoms with Crippen LogP contribution in [-0.4, -0.2) is 27.4 Å². The summed E-state index contributed by atoms with van der Waals surface area (Å²) in [6.45, 7) is 2.96. The molecule has 0 amide bonds. The molecule has 0 spiro atoms. The van der Waals surface area contributed by atoms with Gasteiger partial charge < -0.3 is 10.0 Å². The molecule has 1 aliphatic rings. The predicted molar refractivity (Wildman–Crippen MR) is 111 cm³/mol. The number of aliphatic hydroxyl groups excluding tert-OH is 1. The first-order valence-electron chi connectivity index (χ1n) is 8.54. The summed E-state index contributed by atoms with van der Waals surface area (Å²) in [5.74, 6) is 0.501. The summed E-state index contributed by atoms with van der Waals surface area (Å²) in [6, 6.07) is 15.7. The number of benzene rings is 2. The number of amidine groups is 1. The number of thiazole rings is 1. The third-order valence-corrected chi connectivity index (χ3v) is 5.57. The van der Waals surface area contributed by atoms with Gasteiger partial charge in [-0.25, -0.2) is 4.98 Å². The van der Waals surface area contributed by atoms with Crippen molar-refractivity contribution in [3.8, 4) is 11.3 Å². The van der Waals surface area contributed by atoms with Crippen LogP contribution in [0.25, 0.3) is 16.8 Å². The van der Waals surface area contributed by atoms with E-state index in [9.17, 15) is 5.11 Å². The average molecular weight is 396 g/mol. The Morgan fingerprint density at radius 3 is 2.81 bits per heavy atom. The lowest BCUT2D eigenvalue weighted by Gasteiger charge is -2.18. The van der Waals surface area contributed by atoms with Gasteiger partial charge >= 0.3 is 0 Å². The largest absolute Gasteiger partial charge is 0.510 e. The molecule has 0 saturated carbocycles. The van der Waals surface area contributed by atoms with Gasteiger partial charge in [-0.3, -0.25) is 5.41 Å². The Labute approximate surface area is 166 Å². The third kappa shape index (κ3) is 3.61. The van der Waals surface area contributed by atoms with Gasteiger partial charge in [-0.2, -0.15) is 0 Å². The van der Waals surface area contributed by atoms with Crippen LogP contribution < -0.4 is 0 Å². The molecule has 3 aromatic rings. The highest BCUT2D eigenvalue weighted by Gasteiger charge is 2.30. The number of rotatable bonds is 4. The number of aryl methyl sites for hydroxylation is 1. The zero-order valence-electron chi connectivity index (χ0n) is 14.7. The number of hydrogen-bond donors (Lipinski definition) is 2. The van der Waals surface area contributed by atoms with Gasteiger partial charge in [0.15, 0.2) is 0 Å². The SMILES string of the molecule is Cc1cccc(CN2CC(O)=C(c3nc(-c4cccc(Cl)c4)cs3)C2=N)c1. The highest BCUT2D eigenvalue weighted by molar-refractivity contribution is 7.11. The summed E-state index contributed by atoms with van der Waals surface area (Å²) in [5, 5.41) is 22.3. The van der Waals surface area contributed by atoms with Crippen molar-refractivity contribution in [2.45, 2.75) is 13.5 Å². The number of aliphatic hydroxyl groups is 1. The lowest BCUT2D eigenvalue weighted by Crippen LogP contribution is -2.26. The molecule has 0 atom stereocenters. The first kappa shape index (κ1) is 17.8. The zero-order chi connectivity index (χ0) is 19.0. The molecule has 2 N–H and O–H groups in total. The number of nitrogens with zero attached hydrogens (tertiary/aromatic N) is 2. The van der Waals surface area contributed by atoms with Crippen LogP contribution in [0.15, 0.2) is 59.7 Å². The molecular weight excluding hydrogens is 378 g/mol. The second kappa shape index (κ2) is 7.18. The Hall–Kier alpha value is -2.63. The standard InChI is InChI=1S/C21H18ClN3OS/c1-13-4-2-5-14(8-13)10-25-11-18(26)19(20(25)23)21-24-17(12-27-21)15-6-3-7-16(22)9-15/h2-9,12,23,26H,10-11H2,1H3. The van der Waals surface area contributed by atoms with Gasteiger partial charge in [0.1, 0.15) is 16.6 Å². The van der Waals surface area contributed by atoms with Crippen molar-refractivity contribution in [3.05, 3.63) is 80.8 Å². The van der Waals surface area contributed by atoms with Crippen LogP contribution in [0.4, 0.5) is 0 Å². The minimum absolute atomic E-state index is 0.194. The van der Waals surface area contributed by atoms with E-state index in [1.54, 1.807) is 0 Å². The molecule has 0 unspecified atom stereocenters. The maximum Gasteiger partial charge on any atom is 0.135 e. The smallest absolute Gasteiger partial charge is 0.135 e. The van der Waals surface area contributed by atoms with Crippen LogP contribution in [-0.2, 0) is 6.54 Å². The molecule has 2 heterocycles. The third-order valence-electron chi connectivity index (χ3n) is 4.48. The summed E-state index contributed by atoms with van der Waals surface area (Å²) < 4.78 is 0. The molecule has 4 nitrogen and oxygen atoms in total. The van der Waals surface area contributed by atoms with Crippen LogP contribution in [0.2, 0.25) is 5.02 Å². The molecule has 0 radical (unpaired) electrons. The van der Waals surface area contributed by atoms with Crippen LogP contribution in [0, 0.1) is 12.3 Å². The van der Waals surface area contributed by atoms with E-state index in [-0.39, 0.29) is 5.76 Å². The molecule has 136 valence electrons. The van der Waals surface area contributed by atoms with E-state index in [1.807, 2.05) is 59.7 Å². The van der Waals surface area contributed by atoms with Crippen molar-refractivity contribution in [2.75, 3.05) is 6.54 Å². The van der Waals surface area contributed by atoms with E-state index in [1.165, 1.54) is 16.9 Å². The predicted octanol–water partition coefficient (Wildman–Crippen LogP) is 5.53. The molecule has 4 rings (SSSR count). The fourth-order valence-electron chi connectivity index (χ4n) is 3.19. The van der Waals surface area contributed by atoms with Gasteiger partial charge in [0, 0.05) is 22.5 Å². The van der Waals surface area contributed by atoms with Crippen molar-refractivity contribution in [2.24, 2.45) is 0 Å². The molecule has 1 aliphatic heterocycles. The van der Waals surface area contributed by atoms with Crippen molar-refractivity contribution in [3.63, 3.8) is 0 Å². The Balaban J connectivity index is 1.57. The Morgan fingerprint density at radius 1 is 1.22 bits per heavy atom. The molecule has 0 aliphatic carbocycles. The molecule has 0 fully saturated rings. The van der Waals surface area contributed by atoms with Gasteiger partial charge in [0.25, 0.3) is 0 Å². The summed E-state index contributed by atoms with van der Waals surface area (Å²) in [6.07, 6.45) is 0. The number of nitrogens with one attached hydrogen (secondary N) is 1. The number of aromatic nitrogens is 1. The van der Waals surface area contributed by atoms with Gasteiger partial charge in [-0.1, -0.05) is 53.6 Å². The van der Waals surface area contributed by atoms with E-state index in [0.29, 0.717) is 34.5 Å². The quantitative estimate of drug-likeness (QED) is 0.610. The van der Waals surface area contributed by atoms with E-state index >= 15 is 0 Å². The molecule has 0 saturated heterocycles. The first-order chi connectivity index (χ1) is 13.0. The second-order valence-electron chi connectivity index (χ2n) is 6.56. The van der Waals surface area contributed by atoms with Crippen molar-refractivity contribution >= 4 is 34.3 Å². The van der Waals surface area contributed by atoms with Gasteiger partial charge in [0.2, 0.25) is 0 Å². The Kier molecular flexibility index (Phi) is 4.72. The first-order valence-corrected chi connectivity index (χ1v) is 9.80. The summed E-state index contributed by atoms with van der Waals surface area (Å²) >= 11 is 7.49. The molecular formula is C21H18ClN3OS.